The van der Waals surface area contributed by atoms with Crippen molar-refractivity contribution in [3.8, 4) is 28.4 Å². The Hall–Kier alpha value is -2.55. The summed E-state index contributed by atoms with van der Waals surface area (Å²) in [6, 6.07) is 13.3. The van der Waals surface area contributed by atoms with E-state index in [1.165, 1.54) is 97.4 Å². The monoisotopic (exact) mass is 502 g/mol. The van der Waals surface area contributed by atoms with Crippen molar-refractivity contribution in [1.82, 2.24) is 4.58 Å². The highest BCUT2D eigenvalue weighted by Crippen LogP contribution is 2.42. The number of rotatable bonds is 14. The molecular formula is C34H48NO2+. The summed E-state index contributed by atoms with van der Waals surface area (Å²) in [5.74, 6) is 3.03. The number of nitrogens with zero attached hydrogens (tertiary/aromatic N) is 1. The van der Waals surface area contributed by atoms with Crippen LogP contribution in [0.1, 0.15) is 102 Å². The summed E-state index contributed by atoms with van der Waals surface area (Å²) in [7, 11) is 1.75. The number of unbranched alkanes of at least 4 members (excludes halogenated alkanes) is 9. The van der Waals surface area contributed by atoms with Crippen molar-refractivity contribution >= 4 is 0 Å². The van der Waals surface area contributed by atoms with E-state index in [1.807, 2.05) is 0 Å². The van der Waals surface area contributed by atoms with Gasteiger partial charge in [-0.05, 0) is 80.5 Å². The van der Waals surface area contributed by atoms with Gasteiger partial charge in [0, 0.05) is 17.2 Å². The van der Waals surface area contributed by atoms with Crippen LogP contribution < -0.4 is 14.7 Å². The van der Waals surface area contributed by atoms with E-state index in [0.717, 1.165) is 49.6 Å². The molecule has 2 aliphatic carbocycles. The quantitative estimate of drug-likeness (QED) is 0.163. The summed E-state index contributed by atoms with van der Waals surface area (Å²) in [5, 5.41) is 1.25. The Morgan fingerprint density at radius 1 is 0.757 bits per heavy atom. The van der Waals surface area contributed by atoms with Gasteiger partial charge in [-0.25, -0.2) is 4.58 Å². The Labute approximate surface area is 224 Å². The van der Waals surface area contributed by atoms with Crippen LogP contribution in [0.3, 0.4) is 0 Å². The smallest absolute Gasteiger partial charge is 0.203 e. The highest BCUT2D eigenvalue weighted by Gasteiger charge is 2.26. The molecule has 0 unspecified atom stereocenters. The van der Waals surface area contributed by atoms with Crippen LogP contribution in [0.15, 0.2) is 40.8 Å². The van der Waals surface area contributed by atoms with Crippen molar-refractivity contribution in [2.24, 2.45) is 0 Å². The average molecular weight is 503 g/mol. The number of hydrogen-bond acceptors (Lipinski definition) is 2. The Balaban J connectivity index is 1.57. The number of methoxy groups -OCH3 is 1. The largest absolute Gasteiger partial charge is 0.497 e. The molecule has 4 rings (SSSR count). The SMILES string of the molecule is CCCCCCCCCCCCc1c2ccc(=[N+](CC)CC)cc-2oc2c1CCc1cc(OC)ccc1-2. The van der Waals surface area contributed by atoms with Crippen molar-refractivity contribution in [2.45, 2.75) is 104 Å². The fourth-order valence-corrected chi connectivity index (χ4v) is 6.04. The molecular weight excluding hydrogens is 454 g/mol. The van der Waals surface area contributed by atoms with Gasteiger partial charge in [0.15, 0.2) is 0 Å². The van der Waals surface area contributed by atoms with E-state index < -0.39 is 0 Å². The lowest BCUT2D eigenvalue weighted by atomic mass is 9.83. The molecule has 1 aromatic rings. The molecule has 0 amide bonds. The van der Waals surface area contributed by atoms with Gasteiger partial charge in [0.2, 0.25) is 5.36 Å². The standard InChI is InChI=1S/C34H48NO2/c1-5-8-9-10-11-12-13-14-15-16-17-30-31-22-19-27(35(6-2)7-3)25-33(31)37-34-29-23-20-28(36-4)24-26(29)18-21-32(30)34/h19-20,22-25H,5-18,21H2,1-4H3/q+1. The minimum atomic E-state index is 0.928. The van der Waals surface area contributed by atoms with E-state index in [2.05, 4.69) is 61.7 Å². The molecule has 200 valence electrons. The Morgan fingerprint density at radius 3 is 2.11 bits per heavy atom. The topological polar surface area (TPSA) is 25.4 Å². The molecule has 3 heteroatoms. The molecule has 0 atom stereocenters. The molecule has 1 aliphatic heterocycles. The van der Waals surface area contributed by atoms with E-state index in [0.29, 0.717) is 0 Å². The average Bonchev–Trinajstić information content (AvgIpc) is 2.93. The molecule has 3 nitrogen and oxygen atoms in total. The van der Waals surface area contributed by atoms with E-state index >= 15 is 0 Å². The first-order valence-electron chi connectivity index (χ1n) is 15.0. The van der Waals surface area contributed by atoms with E-state index in [-0.39, 0.29) is 0 Å². The van der Waals surface area contributed by atoms with E-state index in [9.17, 15) is 0 Å². The van der Waals surface area contributed by atoms with Crippen molar-refractivity contribution in [3.63, 3.8) is 0 Å². The lowest BCUT2D eigenvalue weighted by Crippen LogP contribution is -2.29. The molecule has 0 bridgehead atoms. The maximum absolute atomic E-state index is 6.74. The fraction of sp³-hybridized carbons (Fsp3) is 0.559. The van der Waals surface area contributed by atoms with Crippen LogP contribution in [0.2, 0.25) is 0 Å². The van der Waals surface area contributed by atoms with Gasteiger partial charge < -0.3 is 9.15 Å². The summed E-state index contributed by atoms with van der Waals surface area (Å²) in [4.78, 5) is 0. The highest BCUT2D eigenvalue weighted by atomic mass is 16.5. The first-order valence-corrected chi connectivity index (χ1v) is 15.0. The third-order valence-electron chi connectivity index (χ3n) is 8.25. The maximum Gasteiger partial charge on any atom is 0.203 e. The van der Waals surface area contributed by atoms with Crippen molar-refractivity contribution in [1.29, 1.82) is 0 Å². The van der Waals surface area contributed by atoms with Crippen molar-refractivity contribution < 1.29 is 9.15 Å². The van der Waals surface area contributed by atoms with Gasteiger partial charge in [0.1, 0.15) is 30.4 Å². The number of fused-ring (bicyclic) bond motifs is 4. The molecule has 0 N–H and O–H groups in total. The number of benzene rings is 2. The predicted octanol–water partition coefficient (Wildman–Crippen LogP) is 8.43. The van der Waals surface area contributed by atoms with E-state index in [4.69, 9.17) is 9.15 Å². The van der Waals surface area contributed by atoms with Gasteiger partial charge >= 0.3 is 0 Å². The number of ether oxygens (including phenoxy) is 1. The second-order valence-electron chi connectivity index (χ2n) is 10.7. The molecule has 37 heavy (non-hydrogen) atoms. The zero-order valence-corrected chi connectivity index (χ0v) is 23.8. The predicted molar refractivity (Wildman–Crippen MR) is 157 cm³/mol. The molecule has 1 aromatic carbocycles. The summed E-state index contributed by atoms with van der Waals surface area (Å²) in [5.41, 5.74) is 6.82. The van der Waals surface area contributed by atoms with Crippen LogP contribution >= 0.6 is 0 Å². The zero-order valence-electron chi connectivity index (χ0n) is 23.8. The van der Waals surface area contributed by atoms with Crippen LogP contribution in [0, 0.1) is 0 Å². The molecule has 0 aromatic heterocycles. The minimum Gasteiger partial charge on any atom is -0.497 e. The second-order valence-corrected chi connectivity index (χ2v) is 10.7. The number of aryl methyl sites for hydroxylation is 1. The van der Waals surface area contributed by atoms with Gasteiger partial charge in [-0.2, -0.15) is 0 Å². The zero-order chi connectivity index (χ0) is 26.0. The Bertz CT molecular complexity index is 1180. The van der Waals surface area contributed by atoms with Crippen LogP contribution in [0.5, 0.6) is 5.75 Å². The van der Waals surface area contributed by atoms with Gasteiger partial charge in [-0.1, -0.05) is 64.7 Å². The van der Waals surface area contributed by atoms with Crippen LogP contribution in [0.25, 0.3) is 22.6 Å². The minimum absolute atomic E-state index is 0.928. The second kappa shape index (κ2) is 13.8. The van der Waals surface area contributed by atoms with E-state index in [1.54, 1.807) is 7.11 Å². The van der Waals surface area contributed by atoms with Crippen molar-refractivity contribution in [2.75, 3.05) is 20.2 Å². The summed E-state index contributed by atoms with van der Waals surface area (Å²) in [6.45, 7) is 8.74. The van der Waals surface area contributed by atoms with Gasteiger partial charge in [0.05, 0.1) is 13.2 Å². The first-order chi connectivity index (χ1) is 18.2. The highest BCUT2D eigenvalue weighted by molar-refractivity contribution is 5.76. The molecule has 3 aliphatic rings. The third kappa shape index (κ3) is 6.67. The van der Waals surface area contributed by atoms with Crippen LogP contribution in [-0.2, 0) is 19.3 Å². The fourth-order valence-electron chi connectivity index (χ4n) is 6.04. The summed E-state index contributed by atoms with van der Waals surface area (Å²) >= 11 is 0. The van der Waals surface area contributed by atoms with Gasteiger partial charge in [0.25, 0.3) is 0 Å². The maximum atomic E-state index is 6.74. The van der Waals surface area contributed by atoms with Crippen LogP contribution in [-0.4, -0.2) is 20.2 Å². The third-order valence-corrected chi connectivity index (χ3v) is 8.25. The molecule has 0 saturated heterocycles. The summed E-state index contributed by atoms with van der Waals surface area (Å²) in [6.07, 6.45) is 16.9. The van der Waals surface area contributed by atoms with Gasteiger partial charge in [-0.3, -0.25) is 0 Å². The van der Waals surface area contributed by atoms with Gasteiger partial charge in [-0.15, -0.1) is 0 Å². The molecule has 0 fully saturated rings. The van der Waals surface area contributed by atoms with Crippen LogP contribution in [0.4, 0.5) is 0 Å². The molecule has 0 spiro atoms. The first kappa shape index (κ1) is 27.5. The lowest BCUT2D eigenvalue weighted by molar-refractivity contribution is 0.414. The Kier molecular flexibility index (Phi) is 10.3. The molecule has 0 saturated carbocycles. The summed E-state index contributed by atoms with van der Waals surface area (Å²) < 4.78 is 14.6. The molecule has 1 heterocycles. The van der Waals surface area contributed by atoms with Crippen molar-refractivity contribution in [3.05, 3.63) is 58.4 Å². The lowest BCUT2D eigenvalue weighted by Gasteiger charge is -2.25. The number of hydrogen-bond donors (Lipinski definition) is 0. The Morgan fingerprint density at radius 2 is 1.43 bits per heavy atom. The molecule has 0 radical (unpaired) electrons. The normalized spacial score (nSPS) is 12.4.